The molecule has 0 bridgehead atoms. The Labute approximate surface area is 135 Å². The number of hydrogen-bond donors (Lipinski definition) is 1. The Kier molecular flexibility index (Phi) is 3.58. The fourth-order valence-corrected chi connectivity index (χ4v) is 2.51. The van der Waals surface area contributed by atoms with Gasteiger partial charge in [-0.15, -0.1) is 15.3 Å². The Balaban J connectivity index is 1.87. The minimum absolute atomic E-state index is 0.0283. The average Bonchev–Trinajstić information content (AvgIpc) is 3.03. The summed E-state index contributed by atoms with van der Waals surface area (Å²) in [6.07, 6.45) is 2.11. The van der Waals surface area contributed by atoms with Gasteiger partial charge in [-0.3, -0.25) is 4.68 Å². The molecule has 0 radical (unpaired) electrons. The van der Waals surface area contributed by atoms with Crippen molar-refractivity contribution in [2.45, 2.75) is 53.1 Å². The van der Waals surface area contributed by atoms with E-state index in [4.69, 9.17) is 0 Å². The maximum atomic E-state index is 4.63. The standard InChI is InChI=1S/C16H23N7/c1-10(13-9-22(16(4,5)6)20-11(13)2)17-14-7-8-15-19-18-12(3)23(15)21-14/h7-10H,1-6H3,(H,17,21). The third-order valence-corrected chi connectivity index (χ3v) is 3.87. The summed E-state index contributed by atoms with van der Waals surface area (Å²) in [4.78, 5) is 0. The van der Waals surface area contributed by atoms with Crippen molar-refractivity contribution in [2.24, 2.45) is 0 Å². The van der Waals surface area contributed by atoms with Crippen LogP contribution in [0.3, 0.4) is 0 Å². The van der Waals surface area contributed by atoms with Crippen LogP contribution >= 0.6 is 0 Å². The maximum Gasteiger partial charge on any atom is 0.178 e. The number of rotatable bonds is 3. The molecule has 0 aliphatic carbocycles. The lowest BCUT2D eigenvalue weighted by molar-refractivity contribution is 0.354. The Morgan fingerprint density at radius 3 is 2.48 bits per heavy atom. The summed E-state index contributed by atoms with van der Waals surface area (Å²) in [6.45, 7) is 12.5. The fraction of sp³-hybridized carbons (Fsp3) is 0.500. The van der Waals surface area contributed by atoms with Gasteiger partial charge in [0.2, 0.25) is 0 Å². The lowest BCUT2D eigenvalue weighted by Gasteiger charge is -2.19. The van der Waals surface area contributed by atoms with Gasteiger partial charge >= 0.3 is 0 Å². The molecule has 23 heavy (non-hydrogen) atoms. The molecule has 0 aliphatic heterocycles. The van der Waals surface area contributed by atoms with Crippen LogP contribution < -0.4 is 5.32 Å². The molecule has 1 atom stereocenters. The summed E-state index contributed by atoms with van der Waals surface area (Å²) < 4.78 is 3.75. The van der Waals surface area contributed by atoms with E-state index in [9.17, 15) is 0 Å². The normalized spacial score (nSPS) is 13.5. The van der Waals surface area contributed by atoms with Crippen molar-refractivity contribution in [1.29, 1.82) is 0 Å². The average molecular weight is 313 g/mol. The minimum atomic E-state index is -0.0283. The van der Waals surface area contributed by atoms with Gasteiger partial charge in [-0.1, -0.05) is 0 Å². The van der Waals surface area contributed by atoms with Gasteiger partial charge in [-0.2, -0.15) is 9.61 Å². The quantitative estimate of drug-likeness (QED) is 0.805. The molecule has 7 nitrogen and oxygen atoms in total. The highest BCUT2D eigenvalue weighted by atomic mass is 15.4. The van der Waals surface area contributed by atoms with Crippen molar-refractivity contribution in [3.05, 3.63) is 35.4 Å². The number of fused-ring (bicyclic) bond motifs is 1. The first-order valence-corrected chi connectivity index (χ1v) is 7.78. The molecule has 7 heteroatoms. The SMILES string of the molecule is Cc1nn(C(C)(C)C)cc1C(C)Nc1ccc2nnc(C)n2n1. The van der Waals surface area contributed by atoms with Crippen LogP contribution in [0.5, 0.6) is 0 Å². The first-order chi connectivity index (χ1) is 10.8. The van der Waals surface area contributed by atoms with E-state index in [1.807, 2.05) is 30.7 Å². The lowest BCUT2D eigenvalue weighted by Crippen LogP contribution is -2.22. The van der Waals surface area contributed by atoms with Crippen LogP contribution in [0.15, 0.2) is 18.3 Å². The van der Waals surface area contributed by atoms with Crippen molar-refractivity contribution in [2.75, 3.05) is 5.32 Å². The first-order valence-electron chi connectivity index (χ1n) is 7.78. The van der Waals surface area contributed by atoms with Crippen LogP contribution in [0.2, 0.25) is 0 Å². The second-order valence-corrected chi connectivity index (χ2v) is 6.89. The van der Waals surface area contributed by atoms with E-state index < -0.39 is 0 Å². The summed E-state index contributed by atoms with van der Waals surface area (Å²) in [5.74, 6) is 1.56. The molecule has 3 heterocycles. The minimum Gasteiger partial charge on any atom is -0.362 e. The fourth-order valence-electron chi connectivity index (χ4n) is 2.51. The highest BCUT2D eigenvalue weighted by Crippen LogP contribution is 2.23. The Morgan fingerprint density at radius 2 is 1.83 bits per heavy atom. The molecule has 0 saturated carbocycles. The van der Waals surface area contributed by atoms with Crippen molar-refractivity contribution in [3.63, 3.8) is 0 Å². The van der Waals surface area contributed by atoms with E-state index in [0.29, 0.717) is 0 Å². The predicted octanol–water partition coefficient (Wildman–Crippen LogP) is 2.87. The highest BCUT2D eigenvalue weighted by Gasteiger charge is 2.19. The second-order valence-electron chi connectivity index (χ2n) is 6.89. The topological polar surface area (TPSA) is 72.9 Å². The Hall–Kier alpha value is -2.44. The molecule has 3 aromatic heterocycles. The Bertz CT molecular complexity index is 838. The van der Waals surface area contributed by atoms with Gasteiger partial charge in [0, 0.05) is 11.8 Å². The zero-order valence-electron chi connectivity index (χ0n) is 14.5. The van der Waals surface area contributed by atoms with Gasteiger partial charge in [0.15, 0.2) is 11.5 Å². The molecule has 0 saturated heterocycles. The summed E-state index contributed by atoms with van der Waals surface area (Å²) in [5, 5.41) is 20.7. The summed E-state index contributed by atoms with van der Waals surface area (Å²) in [5.41, 5.74) is 2.92. The predicted molar refractivity (Wildman–Crippen MR) is 89.5 cm³/mol. The van der Waals surface area contributed by atoms with Crippen LogP contribution in [-0.2, 0) is 5.54 Å². The van der Waals surface area contributed by atoms with Crippen molar-refractivity contribution in [1.82, 2.24) is 29.6 Å². The zero-order valence-corrected chi connectivity index (χ0v) is 14.5. The first kappa shape index (κ1) is 15.5. The maximum absolute atomic E-state index is 4.63. The number of aromatic nitrogens is 6. The molecule has 122 valence electrons. The molecule has 1 unspecified atom stereocenters. The van der Waals surface area contributed by atoms with Gasteiger partial charge in [-0.25, -0.2) is 0 Å². The number of anilines is 1. The molecule has 0 aromatic carbocycles. The van der Waals surface area contributed by atoms with Crippen LogP contribution in [0.25, 0.3) is 5.65 Å². The third-order valence-electron chi connectivity index (χ3n) is 3.87. The van der Waals surface area contributed by atoms with Crippen LogP contribution in [-0.4, -0.2) is 29.6 Å². The monoisotopic (exact) mass is 313 g/mol. The van der Waals surface area contributed by atoms with Gasteiger partial charge in [-0.05, 0) is 53.7 Å². The van der Waals surface area contributed by atoms with Gasteiger partial charge in [0.25, 0.3) is 0 Å². The van der Waals surface area contributed by atoms with Gasteiger partial charge in [0.05, 0.1) is 17.3 Å². The molecule has 3 rings (SSSR count). The molecule has 0 amide bonds. The molecule has 1 N–H and O–H groups in total. The van der Waals surface area contributed by atoms with Gasteiger partial charge in [0.1, 0.15) is 5.82 Å². The van der Waals surface area contributed by atoms with Crippen LogP contribution in [0.4, 0.5) is 5.82 Å². The molecular weight excluding hydrogens is 290 g/mol. The number of nitrogens with zero attached hydrogens (tertiary/aromatic N) is 6. The molecule has 0 aliphatic rings. The van der Waals surface area contributed by atoms with E-state index in [1.54, 1.807) is 4.52 Å². The van der Waals surface area contributed by atoms with Crippen molar-refractivity contribution >= 4 is 11.5 Å². The number of nitrogens with one attached hydrogen (secondary N) is 1. The van der Waals surface area contributed by atoms with Crippen molar-refractivity contribution in [3.8, 4) is 0 Å². The van der Waals surface area contributed by atoms with E-state index in [0.717, 1.165) is 23.0 Å². The third kappa shape index (κ3) is 2.91. The van der Waals surface area contributed by atoms with Crippen molar-refractivity contribution < 1.29 is 0 Å². The summed E-state index contributed by atoms with van der Waals surface area (Å²) in [6, 6.07) is 3.93. The van der Waals surface area contributed by atoms with E-state index >= 15 is 0 Å². The number of hydrogen-bond acceptors (Lipinski definition) is 5. The lowest BCUT2D eigenvalue weighted by atomic mass is 10.1. The van der Waals surface area contributed by atoms with E-state index in [-0.39, 0.29) is 11.6 Å². The molecule has 3 aromatic rings. The second kappa shape index (κ2) is 5.33. The molecule has 0 spiro atoms. The number of aryl methyl sites for hydroxylation is 2. The zero-order chi connectivity index (χ0) is 16.8. The molecular formula is C16H23N7. The largest absolute Gasteiger partial charge is 0.362 e. The summed E-state index contributed by atoms with van der Waals surface area (Å²) in [7, 11) is 0. The van der Waals surface area contributed by atoms with E-state index in [2.05, 4.69) is 59.6 Å². The van der Waals surface area contributed by atoms with Crippen LogP contribution in [0, 0.1) is 13.8 Å². The molecule has 0 fully saturated rings. The van der Waals surface area contributed by atoms with Crippen LogP contribution in [0.1, 0.15) is 50.8 Å². The smallest absolute Gasteiger partial charge is 0.178 e. The summed E-state index contributed by atoms with van der Waals surface area (Å²) >= 11 is 0. The Morgan fingerprint density at radius 1 is 1.09 bits per heavy atom. The van der Waals surface area contributed by atoms with E-state index in [1.165, 1.54) is 5.56 Å². The van der Waals surface area contributed by atoms with Gasteiger partial charge < -0.3 is 5.32 Å². The highest BCUT2D eigenvalue weighted by molar-refractivity contribution is 5.45.